The van der Waals surface area contributed by atoms with Gasteiger partial charge in [-0.25, -0.2) is 4.79 Å². The molecule has 0 aromatic heterocycles. The molecule has 0 saturated carbocycles. The molecule has 3 heteroatoms. The van der Waals surface area contributed by atoms with Gasteiger partial charge in [-0.15, -0.1) is 0 Å². The Morgan fingerprint density at radius 3 is 2.62 bits per heavy atom. The Morgan fingerprint density at radius 2 is 2.06 bits per heavy atom. The molecule has 86 valence electrons. The molecule has 0 aliphatic carbocycles. The number of ether oxygens (including phenoxy) is 1. The highest BCUT2D eigenvalue weighted by Gasteiger charge is 2.28. The van der Waals surface area contributed by atoms with Crippen molar-refractivity contribution in [3.8, 4) is 0 Å². The molecule has 1 aromatic carbocycles. The molecule has 0 heterocycles. The van der Waals surface area contributed by atoms with E-state index in [0.717, 1.165) is 5.69 Å². The van der Waals surface area contributed by atoms with E-state index in [9.17, 15) is 4.79 Å². The van der Waals surface area contributed by atoms with Gasteiger partial charge in [0.15, 0.2) is 0 Å². The molecule has 0 atom stereocenters. The number of nitrogens with one attached hydrogen (secondary N) is 1. The van der Waals surface area contributed by atoms with E-state index < -0.39 is 5.54 Å². The SMILES string of the molecule is C=CCOC(=O)C(C)(C)Nc1ccccc1. The summed E-state index contributed by atoms with van der Waals surface area (Å²) in [5.74, 6) is -0.295. The summed E-state index contributed by atoms with van der Waals surface area (Å²) in [7, 11) is 0. The van der Waals surface area contributed by atoms with Gasteiger partial charge >= 0.3 is 5.97 Å². The van der Waals surface area contributed by atoms with Crippen LogP contribution in [0.3, 0.4) is 0 Å². The van der Waals surface area contributed by atoms with Crippen molar-refractivity contribution in [2.75, 3.05) is 11.9 Å². The highest BCUT2D eigenvalue weighted by Crippen LogP contribution is 2.15. The Bertz CT molecular complexity index is 357. The second-order valence-corrected chi connectivity index (χ2v) is 4.00. The average Bonchev–Trinajstić information content (AvgIpc) is 2.26. The van der Waals surface area contributed by atoms with Gasteiger partial charge in [0.2, 0.25) is 0 Å². The number of esters is 1. The number of hydrogen-bond acceptors (Lipinski definition) is 3. The van der Waals surface area contributed by atoms with Gasteiger partial charge in [-0.2, -0.15) is 0 Å². The molecular weight excluding hydrogens is 202 g/mol. The van der Waals surface area contributed by atoms with Crippen molar-refractivity contribution in [2.45, 2.75) is 19.4 Å². The smallest absolute Gasteiger partial charge is 0.331 e. The van der Waals surface area contributed by atoms with Crippen molar-refractivity contribution >= 4 is 11.7 Å². The van der Waals surface area contributed by atoms with E-state index in [2.05, 4.69) is 11.9 Å². The summed E-state index contributed by atoms with van der Waals surface area (Å²) in [5.41, 5.74) is 0.146. The predicted molar refractivity (Wildman–Crippen MR) is 65.3 cm³/mol. The van der Waals surface area contributed by atoms with Crippen LogP contribution in [0, 0.1) is 0 Å². The Hall–Kier alpha value is -1.77. The third kappa shape index (κ3) is 3.42. The van der Waals surface area contributed by atoms with E-state index in [1.54, 1.807) is 19.9 Å². The number of hydrogen-bond donors (Lipinski definition) is 1. The molecule has 0 fully saturated rings. The predicted octanol–water partition coefficient (Wildman–Crippen LogP) is 2.61. The molecule has 0 saturated heterocycles. The zero-order valence-electron chi connectivity index (χ0n) is 9.69. The first-order valence-corrected chi connectivity index (χ1v) is 5.17. The third-order valence-corrected chi connectivity index (χ3v) is 2.07. The first-order chi connectivity index (χ1) is 7.56. The summed E-state index contributed by atoms with van der Waals surface area (Å²) in [6, 6.07) is 9.56. The monoisotopic (exact) mass is 219 g/mol. The van der Waals surface area contributed by atoms with Crippen molar-refractivity contribution in [3.05, 3.63) is 43.0 Å². The highest BCUT2D eigenvalue weighted by molar-refractivity contribution is 5.83. The number of para-hydroxylation sites is 1. The minimum Gasteiger partial charge on any atom is -0.460 e. The number of rotatable bonds is 5. The number of anilines is 1. The van der Waals surface area contributed by atoms with Crippen molar-refractivity contribution < 1.29 is 9.53 Å². The molecule has 1 aromatic rings. The Labute approximate surface area is 96.1 Å². The van der Waals surface area contributed by atoms with Crippen molar-refractivity contribution in [3.63, 3.8) is 0 Å². The lowest BCUT2D eigenvalue weighted by atomic mass is 10.1. The Kier molecular flexibility index (Phi) is 4.11. The van der Waals surface area contributed by atoms with Crippen LogP contribution in [0.4, 0.5) is 5.69 Å². The summed E-state index contributed by atoms with van der Waals surface area (Å²) >= 11 is 0. The second-order valence-electron chi connectivity index (χ2n) is 4.00. The molecule has 0 spiro atoms. The summed E-state index contributed by atoms with van der Waals surface area (Å²) in [6.07, 6.45) is 1.55. The van der Waals surface area contributed by atoms with Gasteiger partial charge in [0.1, 0.15) is 12.1 Å². The molecular formula is C13H17NO2. The zero-order chi connectivity index (χ0) is 12.0. The van der Waals surface area contributed by atoms with E-state index in [4.69, 9.17) is 4.74 Å². The molecule has 0 aliphatic heterocycles. The first kappa shape index (κ1) is 12.3. The molecule has 0 amide bonds. The van der Waals surface area contributed by atoms with Crippen molar-refractivity contribution in [1.82, 2.24) is 0 Å². The summed E-state index contributed by atoms with van der Waals surface area (Å²) in [4.78, 5) is 11.7. The van der Waals surface area contributed by atoms with Crippen LogP contribution in [0.2, 0.25) is 0 Å². The molecule has 1 rings (SSSR count). The van der Waals surface area contributed by atoms with Gasteiger partial charge in [0, 0.05) is 5.69 Å². The first-order valence-electron chi connectivity index (χ1n) is 5.17. The molecule has 0 aliphatic rings. The lowest BCUT2D eigenvalue weighted by Crippen LogP contribution is -2.41. The Balaban J connectivity index is 2.64. The minimum absolute atomic E-state index is 0.235. The van der Waals surface area contributed by atoms with Crippen LogP contribution >= 0.6 is 0 Å². The van der Waals surface area contributed by atoms with Crippen LogP contribution in [0.25, 0.3) is 0 Å². The second kappa shape index (κ2) is 5.35. The standard InChI is InChI=1S/C13H17NO2/c1-4-10-16-12(15)13(2,3)14-11-8-6-5-7-9-11/h4-9,14H,1,10H2,2-3H3. The summed E-state index contributed by atoms with van der Waals surface area (Å²) in [5, 5.41) is 3.12. The Morgan fingerprint density at radius 1 is 1.44 bits per heavy atom. The van der Waals surface area contributed by atoms with E-state index in [-0.39, 0.29) is 12.6 Å². The van der Waals surface area contributed by atoms with Crippen molar-refractivity contribution in [1.29, 1.82) is 0 Å². The van der Waals surface area contributed by atoms with Gasteiger partial charge in [-0.05, 0) is 26.0 Å². The summed E-state index contributed by atoms with van der Waals surface area (Å²) in [6.45, 7) is 7.30. The van der Waals surface area contributed by atoms with E-state index in [0.29, 0.717) is 0 Å². The lowest BCUT2D eigenvalue weighted by Gasteiger charge is -2.24. The molecule has 0 bridgehead atoms. The fourth-order valence-electron chi connectivity index (χ4n) is 1.25. The normalized spacial score (nSPS) is 10.6. The van der Waals surface area contributed by atoms with Gasteiger partial charge < -0.3 is 10.1 Å². The fourth-order valence-corrected chi connectivity index (χ4v) is 1.25. The topological polar surface area (TPSA) is 38.3 Å². The third-order valence-electron chi connectivity index (χ3n) is 2.07. The maximum atomic E-state index is 11.7. The molecule has 0 radical (unpaired) electrons. The average molecular weight is 219 g/mol. The van der Waals surface area contributed by atoms with E-state index in [1.807, 2.05) is 30.3 Å². The van der Waals surface area contributed by atoms with E-state index in [1.165, 1.54) is 0 Å². The number of benzene rings is 1. The largest absolute Gasteiger partial charge is 0.460 e. The van der Waals surface area contributed by atoms with E-state index >= 15 is 0 Å². The van der Waals surface area contributed by atoms with Gasteiger partial charge in [0.05, 0.1) is 0 Å². The highest BCUT2D eigenvalue weighted by atomic mass is 16.5. The number of carbonyl (C=O) groups excluding carboxylic acids is 1. The maximum Gasteiger partial charge on any atom is 0.331 e. The van der Waals surface area contributed by atoms with Gasteiger partial charge in [0.25, 0.3) is 0 Å². The molecule has 3 nitrogen and oxygen atoms in total. The van der Waals surface area contributed by atoms with Gasteiger partial charge in [-0.1, -0.05) is 30.9 Å². The van der Waals surface area contributed by atoms with Crippen LogP contribution in [0.5, 0.6) is 0 Å². The van der Waals surface area contributed by atoms with Crippen LogP contribution in [0.15, 0.2) is 43.0 Å². The fraction of sp³-hybridized carbons (Fsp3) is 0.308. The van der Waals surface area contributed by atoms with Crippen LogP contribution < -0.4 is 5.32 Å². The number of carbonyl (C=O) groups is 1. The van der Waals surface area contributed by atoms with Crippen LogP contribution in [0.1, 0.15) is 13.8 Å². The summed E-state index contributed by atoms with van der Waals surface area (Å²) < 4.78 is 5.01. The van der Waals surface area contributed by atoms with Crippen LogP contribution in [-0.2, 0) is 9.53 Å². The van der Waals surface area contributed by atoms with Gasteiger partial charge in [-0.3, -0.25) is 0 Å². The zero-order valence-corrected chi connectivity index (χ0v) is 9.69. The minimum atomic E-state index is -0.746. The van der Waals surface area contributed by atoms with Crippen molar-refractivity contribution in [2.24, 2.45) is 0 Å². The maximum absolute atomic E-state index is 11.7. The quantitative estimate of drug-likeness (QED) is 0.611. The molecule has 0 unspecified atom stereocenters. The lowest BCUT2D eigenvalue weighted by molar-refractivity contribution is -0.146. The van der Waals surface area contributed by atoms with Crippen LogP contribution in [-0.4, -0.2) is 18.1 Å². The molecule has 16 heavy (non-hydrogen) atoms. The molecule has 1 N–H and O–H groups in total.